The van der Waals surface area contributed by atoms with Crippen LogP contribution in [0.15, 0.2) is 48.8 Å². The molecule has 5 nitrogen and oxygen atoms in total. The van der Waals surface area contributed by atoms with Gasteiger partial charge in [0, 0.05) is 25.9 Å². The smallest absolute Gasteiger partial charge is 0.234 e. The lowest BCUT2D eigenvalue weighted by molar-refractivity contribution is -0.113. The summed E-state index contributed by atoms with van der Waals surface area (Å²) in [5, 5.41) is 2.83. The monoisotopic (exact) mass is 329 g/mol. The maximum atomic E-state index is 12.0. The van der Waals surface area contributed by atoms with Crippen molar-refractivity contribution in [2.24, 2.45) is 0 Å². The summed E-state index contributed by atoms with van der Waals surface area (Å²) in [4.78, 5) is 29.9. The minimum Gasteiger partial charge on any atom is -0.376 e. The van der Waals surface area contributed by atoms with Crippen molar-refractivity contribution in [3.8, 4) is 0 Å². The SMILES string of the molecule is CN(C)c1ccncc1NC(=O)CSCC(=O)c1ccccc1. The molecular weight excluding hydrogens is 310 g/mol. The third-order valence-corrected chi connectivity index (χ3v) is 4.05. The van der Waals surface area contributed by atoms with Crippen LogP contribution in [0.1, 0.15) is 10.4 Å². The number of anilines is 2. The third-order valence-electron chi connectivity index (χ3n) is 3.12. The molecule has 6 heteroatoms. The number of nitrogens with one attached hydrogen (secondary N) is 1. The summed E-state index contributed by atoms with van der Waals surface area (Å²) >= 11 is 1.30. The van der Waals surface area contributed by atoms with Gasteiger partial charge in [0.25, 0.3) is 0 Å². The highest BCUT2D eigenvalue weighted by Crippen LogP contribution is 2.22. The van der Waals surface area contributed by atoms with Crippen molar-refractivity contribution >= 4 is 34.8 Å². The lowest BCUT2D eigenvalue weighted by Crippen LogP contribution is -2.19. The van der Waals surface area contributed by atoms with Crippen LogP contribution in [0.25, 0.3) is 0 Å². The van der Waals surface area contributed by atoms with E-state index in [1.807, 2.05) is 43.3 Å². The Bertz CT molecular complexity index is 675. The van der Waals surface area contributed by atoms with Crippen LogP contribution >= 0.6 is 11.8 Å². The Morgan fingerprint density at radius 2 is 1.87 bits per heavy atom. The number of nitrogens with zero attached hydrogens (tertiary/aromatic N) is 2. The molecule has 0 atom stereocenters. The molecule has 120 valence electrons. The first-order valence-corrected chi connectivity index (χ1v) is 8.30. The molecule has 0 radical (unpaired) electrons. The molecule has 0 aliphatic heterocycles. The molecule has 1 heterocycles. The molecule has 0 saturated heterocycles. The fourth-order valence-corrected chi connectivity index (χ4v) is 2.72. The zero-order valence-corrected chi connectivity index (χ0v) is 14.0. The lowest BCUT2D eigenvalue weighted by atomic mass is 10.2. The normalized spacial score (nSPS) is 10.2. The van der Waals surface area contributed by atoms with E-state index in [2.05, 4.69) is 10.3 Å². The molecular formula is C17H19N3O2S. The predicted molar refractivity (Wildman–Crippen MR) is 95.3 cm³/mol. The molecule has 1 amide bonds. The number of amides is 1. The number of benzene rings is 1. The number of pyridine rings is 1. The standard InChI is InChI=1S/C17H19N3O2S/c1-20(2)15-8-9-18-10-14(15)19-17(22)12-23-11-16(21)13-6-4-3-5-7-13/h3-10H,11-12H2,1-2H3,(H,19,22). The molecule has 1 aromatic heterocycles. The van der Waals surface area contributed by atoms with E-state index in [-0.39, 0.29) is 23.2 Å². The lowest BCUT2D eigenvalue weighted by Gasteiger charge is -2.17. The van der Waals surface area contributed by atoms with Crippen LogP contribution in [0.5, 0.6) is 0 Å². The highest BCUT2D eigenvalue weighted by molar-refractivity contribution is 8.00. The second kappa shape index (κ2) is 8.33. The molecule has 23 heavy (non-hydrogen) atoms. The van der Waals surface area contributed by atoms with Gasteiger partial charge in [-0.05, 0) is 6.07 Å². The van der Waals surface area contributed by atoms with Crippen molar-refractivity contribution in [1.82, 2.24) is 4.98 Å². The Balaban J connectivity index is 1.83. The van der Waals surface area contributed by atoms with Crippen LogP contribution in [0.3, 0.4) is 0 Å². The summed E-state index contributed by atoms with van der Waals surface area (Å²) in [7, 11) is 3.80. The summed E-state index contributed by atoms with van der Waals surface area (Å²) in [6.45, 7) is 0. The maximum Gasteiger partial charge on any atom is 0.234 e. The van der Waals surface area contributed by atoms with Crippen LogP contribution < -0.4 is 10.2 Å². The second-order valence-corrected chi connectivity index (χ2v) is 6.10. The Labute approximate surface area is 140 Å². The number of hydrogen-bond donors (Lipinski definition) is 1. The van der Waals surface area contributed by atoms with Crippen LogP contribution in [0.4, 0.5) is 11.4 Å². The molecule has 0 saturated carbocycles. The number of thioether (sulfide) groups is 1. The van der Waals surface area contributed by atoms with Gasteiger partial charge in [-0.2, -0.15) is 0 Å². The van der Waals surface area contributed by atoms with Gasteiger partial charge in [-0.15, -0.1) is 11.8 Å². The van der Waals surface area contributed by atoms with Crippen molar-refractivity contribution in [2.75, 3.05) is 35.8 Å². The number of Topliss-reactive ketones (excluding diaryl/α,β-unsaturated/α-hetero) is 1. The highest BCUT2D eigenvalue weighted by Gasteiger charge is 2.10. The number of ketones is 1. The van der Waals surface area contributed by atoms with E-state index in [1.165, 1.54) is 11.8 Å². The van der Waals surface area contributed by atoms with Crippen LogP contribution in [-0.4, -0.2) is 42.3 Å². The zero-order valence-electron chi connectivity index (χ0n) is 13.2. The fraction of sp³-hybridized carbons (Fsp3) is 0.235. The van der Waals surface area contributed by atoms with Gasteiger partial charge < -0.3 is 10.2 Å². The van der Waals surface area contributed by atoms with E-state index in [1.54, 1.807) is 24.5 Å². The average molecular weight is 329 g/mol. The number of hydrogen-bond acceptors (Lipinski definition) is 5. The van der Waals surface area contributed by atoms with Gasteiger partial charge >= 0.3 is 0 Å². The molecule has 1 aromatic carbocycles. The Hall–Kier alpha value is -2.34. The summed E-state index contributed by atoms with van der Waals surface area (Å²) < 4.78 is 0. The average Bonchev–Trinajstić information content (AvgIpc) is 2.56. The Kier molecular flexibility index (Phi) is 6.17. The van der Waals surface area contributed by atoms with Crippen molar-refractivity contribution in [2.45, 2.75) is 0 Å². The summed E-state index contributed by atoms with van der Waals surface area (Å²) in [6, 6.07) is 10.9. The molecule has 0 bridgehead atoms. The topological polar surface area (TPSA) is 62.3 Å². The van der Waals surface area contributed by atoms with E-state index >= 15 is 0 Å². The molecule has 0 aliphatic carbocycles. The predicted octanol–water partition coefficient (Wildman–Crippen LogP) is 2.70. The first-order chi connectivity index (χ1) is 11.1. The summed E-state index contributed by atoms with van der Waals surface area (Å²) in [6.07, 6.45) is 3.30. The van der Waals surface area contributed by atoms with Crippen molar-refractivity contribution in [3.63, 3.8) is 0 Å². The van der Waals surface area contributed by atoms with Gasteiger partial charge in [0.15, 0.2) is 5.78 Å². The highest BCUT2D eigenvalue weighted by atomic mass is 32.2. The summed E-state index contributed by atoms with van der Waals surface area (Å²) in [5.74, 6) is 0.386. The molecule has 0 unspecified atom stereocenters. The van der Waals surface area contributed by atoms with Crippen molar-refractivity contribution in [1.29, 1.82) is 0 Å². The molecule has 0 aliphatic rings. The van der Waals surface area contributed by atoms with Gasteiger partial charge in [0.2, 0.25) is 5.91 Å². The van der Waals surface area contributed by atoms with E-state index in [0.29, 0.717) is 11.3 Å². The fourth-order valence-electron chi connectivity index (χ4n) is 2.00. The summed E-state index contributed by atoms with van der Waals surface area (Å²) in [5.41, 5.74) is 2.22. The third kappa shape index (κ3) is 5.10. The molecule has 0 fully saturated rings. The Morgan fingerprint density at radius 1 is 1.13 bits per heavy atom. The zero-order chi connectivity index (χ0) is 16.7. The first kappa shape index (κ1) is 17.0. The number of rotatable bonds is 7. The van der Waals surface area contributed by atoms with Crippen molar-refractivity contribution < 1.29 is 9.59 Å². The maximum absolute atomic E-state index is 12.0. The second-order valence-electron chi connectivity index (χ2n) is 5.12. The van der Waals surface area contributed by atoms with E-state index < -0.39 is 0 Å². The van der Waals surface area contributed by atoms with Gasteiger partial charge in [-0.25, -0.2) is 0 Å². The number of carbonyl (C=O) groups excluding carboxylic acids is 2. The molecule has 2 rings (SSSR count). The minimum absolute atomic E-state index is 0.0266. The van der Waals surface area contributed by atoms with Crippen molar-refractivity contribution in [3.05, 3.63) is 54.4 Å². The quantitative estimate of drug-likeness (QED) is 0.791. The Morgan fingerprint density at radius 3 is 2.57 bits per heavy atom. The largest absolute Gasteiger partial charge is 0.376 e. The van der Waals surface area contributed by atoms with Crippen LogP contribution in [0.2, 0.25) is 0 Å². The molecule has 1 N–H and O–H groups in total. The van der Waals surface area contributed by atoms with Crippen LogP contribution in [0, 0.1) is 0 Å². The van der Waals surface area contributed by atoms with Gasteiger partial charge in [-0.3, -0.25) is 14.6 Å². The molecule has 0 spiro atoms. The minimum atomic E-state index is -0.146. The van der Waals surface area contributed by atoms with Crippen LogP contribution in [-0.2, 0) is 4.79 Å². The first-order valence-electron chi connectivity index (χ1n) is 7.15. The van der Waals surface area contributed by atoms with Gasteiger partial charge in [-0.1, -0.05) is 30.3 Å². The molecule has 2 aromatic rings. The number of carbonyl (C=O) groups is 2. The van der Waals surface area contributed by atoms with E-state index in [0.717, 1.165) is 5.69 Å². The van der Waals surface area contributed by atoms with E-state index in [9.17, 15) is 9.59 Å². The van der Waals surface area contributed by atoms with Gasteiger partial charge in [0.1, 0.15) is 0 Å². The van der Waals surface area contributed by atoms with E-state index in [4.69, 9.17) is 0 Å². The number of aromatic nitrogens is 1. The van der Waals surface area contributed by atoms with Gasteiger partial charge in [0.05, 0.1) is 29.1 Å².